The highest BCUT2D eigenvalue weighted by Crippen LogP contribution is 2.46. The average molecular weight is 768 g/mol. The summed E-state index contributed by atoms with van der Waals surface area (Å²) in [5, 5.41) is 23.4. The lowest BCUT2D eigenvalue weighted by Crippen LogP contribution is -2.51. The third-order valence-electron chi connectivity index (χ3n) is 10.5. The number of rotatable bonds is 14. The first-order valence-corrected chi connectivity index (χ1v) is 18.3. The Hall–Kier alpha value is -4.39. The molecule has 0 bridgehead atoms. The maximum Gasteiger partial charge on any atom is 0.421 e. The summed E-state index contributed by atoms with van der Waals surface area (Å²) >= 11 is 7.11. The van der Waals surface area contributed by atoms with E-state index in [9.17, 15) is 28.2 Å². The summed E-state index contributed by atoms with van der Waals surface area (Å²) < 4.78 is 60.5. The number of aromatic nitrogens is 2. The first kappa shape index (κ1) is 39.3. The van der Waals surface area contributed by atoms with Gasteiger partial charge < -0.3 is 29.7 Å². The molecular weight excluding hydrogens is 723 g/mol. The highest BCUT2D eigenvalue weighted by molar-refractivity contribution is 6.36. The van der Waals surface area contributed by atoms with Crippen LogP contribution in [0.1, 0.15) is 86.8 Å². The van der Waals surface area contributed by atoms with E-state index in [1.54, 1.807) is 21.0 Å². The molecule has 2 aliphatic rings. The van der Waals surface area contributed by atoms with E-state index < -0.39 is 40.7 Å². The molecule has 2 aliphatic carbocycles. The number of hydrogen-bond acceptors (Lipinski definition) is 8. The zero-order valence-electron chi connectivity index (χ0n) is 30.9. The molecule has 9 nitrogen and oxygen atoms in total. The number of hydrogen-bond donors (Lipinski definition) is 3. The number of nitrogens with zero attached hydrogens (tertiary/aromatic N) is 2. The molecular formula is C41H45ClF3N3O6. The van der Waals surface area contributed by atoms with Crippen molar-refractivity contribution in [1.82, 2.24) is 15.3 Å². The first-order valence-electron chi connectivity index (χ1n) is 18.0. The van der Waals surface area contributed by atoms with Gasteiger partial charge in [0.2, 0.25) is 17.6 Å². The van der Waals surface area contributed by atoms with E-state index in [1.807, 2.05) is 55.5 Å². The van der Waals surface area contributed by atoms with Gasteiger partial charge in [0.1, 0.15) is 11.7 Å². The number of benzene rings is 2. The summed E-state index contributed by atoms with van der Waals surface area (Å²) in [5.41, 5.74) is 3.01. The lowest BCUT2D eigenvalue weighted by Gasteiger charge is -2.41. The molecule has 0 amide bonds. The lowest BCUT2D eigenvalue weighted by atomic mass is 9.77. The largest absolute Gasteiger partial charge is 0.481 e. The minimum absolute atomic E-state index is 0.00356. The molecule has 1 fully saturated rings. The van der Waals surface area contributed by atoms with Crippen LogP contribution in [0.2, 0.25) is 5.02 Å². The number of carboxylic acid groups (broad SMARTS) is 1. The molecule has 2 heterocycles. The number of aryl methyl sites for hydroxylation is 1. The topological polar surface area (TPSA) is 123 Å². The Bertz CT molecular complexity index is 2030. The van der Waals surface area contributed by atoms with Crippen LogP contribution in [-0.4, -0.2) is 52.0 Å². The molecule has 0 aliphatic heterocycles. The summed E-state index contributed by atoms with van der Waals surface area (Å²) in [5.74, 6) is -1.08. The fourth-order valence-corrected chi connectivity index (χ4v) is 7.72. The quantitative estimate of drug-likeness (QED) is 0.115. The van der Waals surface area contributed by atoms with Gasteiger partial charge in [-0.25, -0.2) is 4.98 Å². The second kappa shape index (κ2) is 15.4. The van der Waals surface area contributed by atoms with Gasteiger partial charge >= 0.3 is 12.1 Å². The molecule has 2 aromatic carbocycles. The van der Waals surface area contributed by atoms with Crippen molar-refractivity contribution in [2.24, 2.45) is 5.41 Å². The van der Waals surface area contributed by atoms with Gasteiger partial charge in [-0.2, -0.15) is 18.2 Å². The molecule has 1 saturated carbocycles. The Balaban J connectivity index is 1.25. The number of carbonyl (C=O) groups is 1. The van der Waals surface area contributed by atoms with E-state index in [-0.39, 0.29) is 30.3 Å². The summed E-state index contributed by atoms with van der Waals surface area (Å²) in [7, 11) is 2.90. The summed E-state index contributed by atoms with van der Waals surface area (Å²) in [6, 6.07) is 16.4. The molecule has 0 saturated heterocycles. The van der Waals surface area contributed by atoms with Crippen molar-refractivity contribution in [3.05, 3.63) is 87.4 Å². The van der Waals surface area contributed by atoms with E-state index in [1.165, 1.54) is 7.11 Å². The fraction of sp³-hybridized carbons (Fsp3) is 0.439. The van der Waals surface area contributed by atoms with Crippen molar-refractivity contribution in [3.8, 4) is 40.0 Å². The highest BCUT2D eigenvalue weighted by atomic mass is 35.5. The van der Waals surface area contributed by atoms with Gasteiger partial charge in [0.15, 0.2) is 0 Å². The molecule has 0 spiro atoms. The number of ether oxygens (including phenoxy) is 3. The fourth-order valence-electron chi connectivity index (χ4n) is 7.39. The van der Waals surface area contributed by atoms with Crippen LogP contribution in [0.5, 0.6) is 17.6 Å². The van der Waals surface area contributed by atoms with E-state index >= 15 is 0 Å². The van der Waals surface area contributed by atoms with Gasteiger partial charge in [0.25, 0.3) is 0 Å². The predicted molar refractivity (Wildman–Crippen MR) is 199 cm³/mol. The molecule has 4 aromatic rings. The smallest absolute Gasteiger partial charge is 0.421 e. The number of halogens is 4. The van der Waals surface area contributed by atoms with Gasteiger partial charge in [-0.05, 0) is 94.5 Å². The lowest BCUT2D eigenvalue weighted by molar-refractivity contribution is -0.147. The van der Waals surface area contributed by atoms with Gasteiger partial charge in [-0.3, -0.25) is 4.79 Å². The van der Waals surface area contributed by atoms with Crippen molar-refractivity contribution in [2.75, 3.05) is 14.2 Å². The van der Waals surface area contributed by atoms with Crippen molar-refractivity contribution in [2.45, 2.75) is 96.2 Å². The zero-order valence-corrected chi connectivity index (χ0v) is 31.7. The average Bonchev–Trinajstić information content (AvgIpc) is 3.52. The number of aliphatic hydroxyl groups is 1. The summed E-state index contributed by atoms with van der Waals surface area (Å²) in [6.07, 6.45) is -2.39. The second-order valence-electron chi connectivity index (χ2n) is 15.1. The van der Waals surface area contributed by atoms with E-state index in [0.717, 1.165) is 33.9 Å². The maximum absolute atomic E-state index is 14.5. The summed E-state index contributed by atoms with van der Waals surface area (Å²) in [4.78, 5) is 20.5. The number of pyridine rings is 2. The Morgan fingerprint density at radius 2 is 1.63 bits per heavy atom. The van der Waals surface area contributed by atoms with Gasteiger partial charge in [-0.1, -0.05) is 54.1 Å². The third-order valence-corrected chi connectivity index (χ3v) is 10.9. The van der Waals surface area contributed by atoms with Gasteiger partial charge in [-0.15, -0.1) is 0 Å². The molecule has 13 heteroatoms. The van der Waals surface area contributed by atoms with Gasteiger partial charge in [0, 0.05) is 34.8 Å². The van der Waals surface area contributed by atoms with Crippen molar-refractivity contribution >= 4 is 17.6 Å². The minimum Gasteiger partial charge on any atom is -0.481 e. The highest BCUT2D eigenvalue weighted by Gasteiger charge is 2.40. The standard InChI is InChI=1S/C41H45ClF3N3O6/c1-39(2,38(49)50)18-8-9-23-19-31(41(43,44)45)37(48-35(23)52-4)54-33-17-15-27-26(10-6-11-28(27)33)29-12-7-13-30(34(29)42)32-16-14-24(36(47-32)53-5)22-46-25-20-40(3,51)21-25/h6-7,10-14,16,19,25,33,46,51H,8-9,15,17-18,20-22H2,1-5H3,(H,49,50)/t25?,33-,40?/m0/s1. The van der Waals surface area contributed by atoms with E-state index in [2.05, 4.69) is 10.3 Å². The molecule has 3 N–H and O–H groups in total. The van der Waals surface area contributed by atoms with Crippen LogP contribution in [0, 0.1) is 5.41 Å². The molecule has 1 atom stereocenters. The second-order valence-corrected chi connectivity index (χ2v) is 15.5. The number of aliphatic carboxylic acids is 1. The maximum atomic E-state index is 14.5. The number of alkyl halides is 3. The van der Waals surface area contributed by atoms with Crippen LogP contribution in [-0.2, 0) is 30.4 Å². The molecule has 6 rings (SSSR count). The third kappa shape index (κ3) is 8.30. The van der Waals surface area contributed by atoms with Crippen LogP contribution in [0.3, 0.4) is 0 Å². The van der Waals surface area contributed by atoms with Gasteiger partial charge in [0.05, 0.1) is 36.0 Å². The Labute approximate surface area is 317 Å². The van der Waals surface area contributed by atoms with E-state index in [4.69, 9.17) is 30.8 Å². The number of carboxylic acids is 1. The number of fused-ring (bicyclic) bond motifs is 1. The van der Waals surface area contributed by atoms with Crippen LogP contribution in [0.4, 0.5) is 13.2 Å². The van der Waals surface area contributed by atoms with Crippen molar-refractivity contribution < 1.29 is 42.4 Å². The van der Waals surface area contributed by atoms with Crippen LogP contribution in [0.15, 0.2) is 54.6 Å². The summed E-state index contributed by atoms with van der Waals surface area (Å²) in [6.45, 7) is 5.52. The minimum atomic E-state index is -4.76. The number of methoxy groups -OCH3 is 2. The van der Waals surface area contributed by atoms with Crippen LogP contribution in [0.25, 0.3) is 22.4 Å². The Morgan fingerprint density at radius 3 is 2.30 bits per heavy atom. The van der Waals surface area contributed by atoms with Crippen LogP contribution >= 0.6 is 11.6 Å². The first-order chi connectivity index (χ1) is 25.5. The van der Waals surface area contributed by atoms with E-state index in [0.29, 0.717) is 60.8 Å². The molecule has 54 heavy (non-hydrogen) atoms. The Kier molecular flexibility index (Phi) is 11.2. The monoisotopic (exact) mass is 767 g/mol. The van der Waals surface area contributed by atoms with Crippen molar-refractivity contribution in [3.63, 3.8) is 0 Å². The predicted octanol–water partition coefficient (Wildman–Crippen LogP) is 9.00. The van der Waals surface area contributed by atoms with Crippen molar-refractivity contribution in [1.29, 1.82) is 0 Å². The Morgan fingerprint density at radius 1 is 0.963 bits per heavy atom. The number of nitrogens with one attached hydrogen (secondary N) is 1. The molecule has 0 unspecified atom stereocenters. The normalized spacial score (nSPS) is 19.6. The molecule has 0 radical (unpaired) electrons. The molecule has 288 valence electrons. The zero-order chi connectivity index (χ0) is 39.0. The molecule has 2 aromatic heterocycles. The van der Waals surface area contributed by atoms with Crippen LogP contribution < -0.4 is 19.5 Å². The SMILES string of the molecule is COc1nc(-c2cccc(-c3cccc4c3CC[C@@H]4Oc3nc(OC)c(CCCC(C)(C)C(=O)O)cc3C(F)(F)F)c2Cl)ccc1CNC1CC(C)(O)C1.